The number of aromatic hydroxyl groups is 1. The van der Waals surface area contributed by atoms with Crippen LogP contribution in [0.25, 0.3) is 17.2 Å². The molecule has 2 aromatic heterocycles. The van der Waals surface area contributed by atoms with Gasteiger partial charge in [-0.25, -0.2) is 4.98 Å². The normalized spacial score (nSPS) is 14.7. The molecule has 0 radical (unpaired) electrons. The third-order valence-corrected chi connectivity index (χ3v) is 6.11. The largest absolute Gasteiger partial charge is 0.502 e. The molecule has 0 aliphatic carbocycles. The molecule has 1 atom stereocenters. The summed E-state index contributed by atoms with van der Waals surface area (Å²) in [7, 11) is 4.51. The van der Waals surface area contributed by atoms with Gasteiger partial charge in [0.2, 0.25) is 11.7 Å². The number of hydrogen-bond donors (Lipinski definition) is 2. The van der Waals surface area contributed by atoms with Crippen LogP contribution < -0.4 is 19.5 Å². The molecule has 0 saturated heterocycles. The fourth-order valence-electron chi connectivity index (χ4n) is 4.40. The Hall–Kier alpha value is -4.67. The summed E-state index contributed by atoms with van der Waals surface area (Å²) in [6.45, 7) is 1.86. The van der Waals surface area contributed by atoms with E-state index in [0.29, 0.717) is 23.0 Å². The van der Waals surface area contributed by atoms with Gasteiger partial charge in [0.25, 0.3) is 5.95 Å². The van der Waals surface area contributed by atoms with Crippen LogP contribution in [0.15, 0.2) is 42.6 Å². The number of amides is 1. The number of fused-ring (bicyclic) bond motifs is 1. The first-order chi connectivity index (χ1) is 17.4. The Kier molecular flexibility index (Phi) is 5.88. The van der Waals surface area contributed by atoms with E-state index < -0.39 is 0 Å². The summed E-state index contributed by atoms with van der Waals surface area (Å²) in [6.07, 6.45) is 1.73. The summed E-state index contributed by atoms with van der Waals surface area (Å²) in [5.41, 5.74) is 3.61. The topological polar surface area (TPSA) is 134 Å². The maximum absolute atomic E-state index is 12.8. The summed E-state index contributed by atoms with van der Waals surface area (Å²) in [6, 6.07) is 10.8. The monoisotopic (exact) mass is 488 g/mol. The minimum Gasteiger partial charge on any atom is -0.502 e. The van der Waals surface area contributed by atoms with E-state index in [1.54, 1.807) is 25.4 Å². The highest BCUT2D eigenvalue weighted by Crippen LogP contribution is 2.45. The lowest BCUT2D eigenvalue weighted by Gasteiger charge is -2.25. The molecule has 36 heavy (non-hydrogen) atoms. The second-order valence-corrected chi connectivity index (χ2v) is 8.21. The van der Waals surface area contributed by atoms with Crippen LogP contribution in [0.5, 0.6) is 23.0 Å². The zero-order valence-electron chi connectivity index (χ0n) is 20.1. The van der Waals surface area contributed by atoms with Gasteiger partial charge < -0.3 is 24.6 Å². The van der Waals surface area contributed by atoms with Crippen LogP contribution in [-0.4, -0.2) is 57.3 Å². The third kappa shape index (κ3) is 3.94. The van der Waals surface area contributed by atoms with Gasteiger partial charge in [-0.1, -0.05) is 12.1 Å². The highest BCUT2D eigenvalue weighted by atomic mass is 16.5. The van der Waals surface area contributed by atoms with Gasteiger partial charge in [-0.05, 0) is 36.8 Å². The van der Waals surface area contributed by atoms with Crippen LogP contribution in [0.2, 0.25) is 0 Å². The van der Waals surface area contributed by atoms with E-state index in [9.17, 15) is 9.90 Å². The van der Waals surface area contributed by atoms with Crippen molar-refractivity contribution in [3.63, 3.8) is 0 Å². The number of ether oxygens (including phenoxy) is 3. The van der Waals surface area contributed by atoms with Crippen molar-refractivity contribution in [1.29, 1.82) is 0 Å². The van der Waals surface area contributed by atoms with Crippen molar-refractivity contribution in [2.45, 2.75) is 19.3 Å². The molecule has 0 saturated carbocycles. The number of aromatic nitrogens is 5. The van der Waals surface area contributed by atoms with Crippen molar-refractivity contribution in [2.24, 2.45) is 0 Å². The highest BCUT2D eigenvalue weighted by molar-refractivity contribution is 5.95. The molecule has 11 heteroatoms. The number of hydrogen-bond acceptors (Lipinski definition) is 9. The predicted molar refractivity (Wildman–Crippen MR) is 130 cm³/mol. The molecule has 184 valence electrons. The molecule has 2 aromatic carbocycles. The minimum absolute atomic E-state index is 0.106. The Morgan fingerprint density at radius 1 is 1.08 bits per heavy atom. The van der Waals surface area contributed by atoms with Crippen LogP contribution in [-0.2, 0) is 4.79 Å². The smallest absolute Gasteiger partial charge is 0.272 e. The van der Waals surface area contributed by atoms with Crippen LogP contribution in [0.4, 0.5) is 5.82 Å². The number of phenols is 1. The molecule has 4 aromatic rings. The van der Waals surface area contributed by atoms with Crippen LogP contribution in [0.1, 0.15) is 29.2 Å². The van der Waals surface area contributed by atoms with Gasteiger partial charge in [0.15, 0.2) is 11.5 Å². The van der Waals surface area contributed by atoms with Gasteiger partial charge >= 0.3 is 0 Å². The number of methoxy groups -OCH3 is 3. The molecule has 3 heterocycles. The number of nitrogens with one attached hydrogen (secondary N) is 1. The van der Waals surface area contributed by atoms with Crippen molar-refractivity contribution in [3.05, 3.63) is 59.4 Å². The molecule has 11 nitrogen and oxygen atoms in total. The molecule has 5 rings (SSSR count). The summed E-state index contributed by atoms with van der Waals surface area (Å²) >= 11 is 0. The highest BCUT2D eigenvalue weighted by Gasteiger charge is 2.34. The molecule has 2 N–H and O–H groups in total. The van der Waals surface area contributed by atoms with Crippen molar-refractivity contribution < 1.29 is 24.1 Å². The molecular weight excluding hydrogens is 464 g/mol. The number of carbonyl (C=O) groups excluding carboxylic acids is 1. The van der Waals surface area contributed by atoms with E-state index >= 15 is 0 Å². The number of rotatable bonds is 6. The van der Waals surface area contributed by atoms with Gasteiger partial charge in [-0.3, -0.25) is 4.79 Å². The van der Waals surface area contributed by atoms with E-state index in [-0.39, 0.29) is 41.4 Å². The Bertz CT molecular complexity index is 1440. The molecule has 0 bridgehead atoms. The number of carbonyl (C=O) groups is 1. The number of phenolic OH excluding ortho intramolecular Hbond substituents is 1. The maximum Gasteiger partial charge on any atom is 0.272 e. The lowest BCUT2D eigenvalue weighted by molar-refractivity contribution is -0.116. The summed E-state index contributed by atoms with van der Waals surface area (Å²) in [5.74, 6) is 1.20. The van der Waals surface area contributed by atoms with E-state index in [1.807, 2.05) is 31.2 Å². The molecule has 1 aliphatic heterocycles. The Morgan fingerprint density at radius 2 is 1.83 bits per heavy atom. The van der Waals surface area contributed by atoms with Gasteiger partial charge in [-0.2, -0.15) is 14.9 Å². The van der Waals surface area contributed by atoms with Crippen molar-refractivity contribution in [3.8, 4) is 40.2 Å². The summed E-state index contributed by atoms with van der Waals surface area (Å²) in [4.78, 5) is 17.4. The first-order valence-electron chi connectivity index (χ1n) is 11.1. The van der Waals surface area contributed by atoms with Gasteiger partial charge in [-0.15, -0.1) is 5.10 Å². The lowest BCUT2D eigenvalue weighted by Crippen LogP contribution is -2.25. The molecule has 0 fully saturated rings. The first kappa shape index (κ1) is 23.1. The zero-order chi connectivity index (χ0) is 25.4. The second kappa shape index (κ2) is 9.17. The summed E-state index contributed by atoms with van der Waals surface area (Å²) in [5, 5.41) is 26.2. The minimum atomic E-state index is -0.361. The Morgan fingerprint density at radius 3 is 2.53 bits per heavy atom. The van der Waals surface area contributed by atoms with Crippen LogP contribution in [0, 0.1) is 6.92 Å². The fraction of sp³-hybridized carbons (Fsp3) is 0.240. The Labute approximate surface area is 206 Å². The van der Waals surface area contributed by atoms with Crippen molar-refractivity contribution >= 4 is 11.7 Å². The van der Waals surface area contributed by atoms with E-state index in [2.05, 4.69) is 25.6 Å². The van der Waals surface area contributed by atoms with Crippen LogP contribution >= 0.6 is 0 Å². The fourth-order valence-corrected chi connectivity index (χ4v) is 4.40. The lowest BCUT2D eigenvalue weighted by atomic mass is 9.85. The molecular formula is C25H24N6O5. The first-order valence-corrected chi connectivity index (χ1v) is 11.1. The quantitative estimate of drug-likeness (QED) is 0.419. The predicted octanol–water partition coefficient (Wildman–Crippen LogP) is 3.24. The molecule has 0 spiro atoms. The van der Waals surface area contributed by atoms with Crippen LogP contribution in [0.3, 0.4) is 0 Å². The van der Waals surface area contributed by atoms with Crippen molar-refractivity contribution in [2.75, 3.05) is 26.6 Å². The number of anilines is 1. The van der Waals surface area contributed by atoms with Gasteiger partial charge in [0, 0.05) is 23.5 Å². The molecule has 1 unspecified atom stereocenters. The third-order valence-electron chi connectivity index (χ3n) is 6.11. The average molecular weight is 489 g/mol. The maximum atomic E-state index is 12.8. The van der Waals surface area contributed by atoms with Gasteiger partial charge in [0.05, 0.1) is 38.9 Å². The van der Waals surface area contributed by atoms with E-state index in [4.69, 9.17) is 14.2 Å². The number of nitrogens with zero attached hydrogens (tertiary/aromatic N) is 5. The summed E-state index contributed by atoms with van der Waals surface area (Å²) < 4.78 is 17.4. The van der Waals surface area contributed by atoms with Gasteiger partial charge in [0.1, 0.15) is 11.6 Å². The second-order valence-electron chi connectivity index (χ2n) is 8.21. The van der Waals surface area contributed by atoms with E-state index in [0.717, 1.165) is 16.7 Å². The SMILES string of the molecule is COc1cccc(-c2cnnc(-n3nc(C)c4c3NC(=O)CC4c3cc(OC)c(O)c(OC)c3)n2)c1. The van der Waals surface area contributed by atoms with E-state index in [1.165, 1.54) is 18.9 Å². The average Bonchev–Trinajstić information content (AvgIpc) is 3.24. The number of benzene rings is 2. The molecule has 1 amide bonds. The zero-order valence-corrected chi connectivity index (χ0v) is 20.1. The van der Waals surface area contributed by atoms with Crippen molar-refractivity contribution in [1.82, 2.24) is 25.0 Å². The molecule has 1 aliphatic rings. The standard InChI is InChI=1S/C25H24N6O5/c1-13-22-17(15-9-19(35-3)23(33)20(10-15)36-4)11-21(32)28-24(22)31(30-13)25-27-18(12-26-29-25)14-6-5-7-16(8-14)34-2/h5-10,12,17,33H,11H2,1-4H3,(H,28,32). The number of aryl methyl sites for hydroxylation is 1. The Balaban J connectivity index is 1.62.